The number of anilines is 1. The van der Waals surface area contributed by atoms with Crippen molar-refractivity contribution in [3.63, 3.8) is 0 Å². The maximum Gasteiger partial charge on any atom is 0.337 e. The summed E-state index contributed by atoms with van der Waals surface area (Å²) in [5, 5.41) is 12.0. The van der Waals surface area contributed by atoms with Gasteiger partial charge in [-0.2, -0.15) is 0 Å². The van der Waals surface area contributed by atoms with Gasteiger partial charge in [-0.1, -0.05) is 23.7 Å². The Kier molecular flexibility index (Phi) is 5.46. The van der Waals surface area contributed by atoms with E-state index in [1.807, 2.05) is 12.1 Å². The molecule has 0 heterocycles. The number of carbonyl (C=O) groups excluding carboxylic acids is 1. The fraction of sp³-hybridized carbons (Fsp3) is 0.125. The van der Waals surface area contributed by atoms with Gasteiger partial charge < -0.3 is 10.4 Å². The summed E-state index contributed by atoms with van der Waals surface area (Å²) >= 11 is 7.20. The minimum Gasteiger partial charge on any atom is -0.478 e. The van der Waals surface area contributed by atoms with Crippen LogP contribution in [-0.2, 0) is 4.79 Å². The third-order valence-electron chi connectivity index (χ3n) is 2.91. The molecule has 0 bridgehead atoms. The number of para-hydroxylation sites is 1. The van der Waals surface area contributed by atoms with Crippen LogP contribution in [0.4, 0.5) is 5.69 Å². The summed E-state index contributed by atoms with van der Waals surface area (Å²) in [7, 11) is 0. The Morgan fingerprint density at radius 2 is 1.77 bits per heavy atom. The highest BCUT2D eigenvalue weighted by Gasteiger charge is 2.17. The van der Waals surface area contributed by atoms with Crippen LogP contribution >= 0.6 is 23.4 Å². The van der Waals surface area contributed by atoms with Crippen LogP contribution in [0.5, 0.6) is 0 Å². The summed E-state index contributed by atoms with van der Waals surface area (Å²) < 4.78 is 0. The third kappa shape index (κ3) is 4.26. The standard InChI is InChI=1S/C16H14ClNO3S/c1-10(22-12-8-6-11(17)7-9-12)15(19)18-14-5-3-2-4-13(14)16(20)21/h2-10H,1H3,(H,18,19)(H,20,21)/t10-/m0/s1. The summed E-state index contributed by atoms with van der Waals surface area (Å²) in [5.74, 6) is -1.33. The molecule has 0 saturated heterocycles. The van der Waals surface area contributed by atoms with Crippen molar-refractivity contribution < 1.29 is 14.7 Å². The fourth-order valence-electron chi connectivity index (χ4n) is 1.78. The van der Waals surface area contributed by atoms with Crippen LogP contribution < -0.4 is 5.32 Å². The van der Waals surface area contributed by atoms with Crippen molar-refractivity contribution in [2.75, 3.05) is 5.32 Å². The molecular weight excluding hydrogens is 322 g/mol. The number of benzene rings is 2. The molecule has 6 heteroatoms. The molecule has 4 nitrogen and oxygen atoms in total. The van der Waals surface area contributed by atoms with Crippen LogP contribution in [0.15, 0.2) is 53.4 Å². The van der Waals surface area contributed by atoms with Gasteiger partial charge in [0, 0.05) is 9.92 Å². The first-order valence-corrected chi connectivity index (χ1v) is 7.78. The lowest BCUT2D eigenvalue weighted by molar-refractivity contribution is -0.115. The normalized spacial score (nSPS) is 11.7. The first-order chi connectivity index (χ1) is 10.5. The van der Waals surface area contributed by atoms with Crippen molar-refractivity contribution in [1.82, 2.24) is 0 Å². The number of nitrogens with one attached hydrogen (secondary N) is 1. The van der Waals surface area contributed by atoms with Gasteiger partial charge in [0.1, 0.15) is 0 Å². The quantitative estimate of drug-likeness (QED) is 0.805. The number of halogens is 1. The summed E-state index contributed by atoms with van der Waals surface area (Å²) in [6.07, 6.45) is 0. The number of carbonyl (C=O) groups is 2. The van der Waals surface area contributed by atoms with Crippen molar-refractivity contribution in [2.24, 2.45) is 0 Å². The molecule has 0 aliphatic heterocycles. The molecule has 0 saturated carbocycles. The predicted octanol–water partition coefficient (Wildman–Crippen LogP) is 4.16. The molecule has 2 aromatic rings. The maximum atomic E-state index is 12.2. The second-order valence-electron chi connectivity index (χ2n) is 4.55. The number of carboxylic acid groups (broad SMARTS) is 1. The molecular formula is C16H14ClNO3S. The van der Waals surface area contributed by atoms with Gasteiger partial charge in [-0.3, -0.25) is 4.79 Å². The Hall–Kier alpha value is -1.98. The zero-order chi connectivity index (χ0) is 16.1. The Labute approximate surface area is 137 Å². The van der Waals surface area contributed by atoms with Gasteiger partial charge in [0.15, 0.2) is 0 Å². The van der Waals surface area contributed by atoms with Gasteiger partial charge in [-0.15, -0.1) is 11.8 Å². The van der Waals surface area contributed by atoms with Gasteiger partial charge in [0.05, 0.1) is 16.5 Å². The number of rotatable bonds is 5. The first kappa shape index (κ1) is 16.4. The van der Waals surface area contributed by atoms with E-state index in [4.69, 9.17) is 16.7 Å². The molecule has 22 heavy (non-hydrogen) atoms. The average molecular weight is 336 g/mol. The number of thioether (sulfide) groups is 1. The van der Waals surface area contributed by atoms with Gasteiger partial charge >= 0.3 is 5.97 Å². The maximum absolute atomic E-state index is 12.2. The van der Waals surface area contributed by atoms with Crippen molar-refractivity contribution in [3.8, 4) is 0 Å². The molecule has 2 N–H and O–H groups in total. The van der Waals surface area contributed by atoms with Crippen molar-refractivity contribution >= 4 is 40.9 Å². The van der Waals surface area contributed by atoms with Crippen LogP contribution in [0.25, 0.3) is 0 Å². The van der Waals surface area contributed by atoms with Gasteiger partial charge in [0.2, 0.25) is 5.91 Å². The number of aromatic carboxylic acids is 1. The zero-order valence-corrected chi connectivity index (χ0v) is 13.3. The molecule has 1 amide bonds. The summed E-state index contributed by atoms with van der Waals surface area (Å²) in [6, 6.07) is 13.5. The van der Waals surface area contributed by atoms with Crippen LogP contribution in [-0.4, -0.2) is 22.2 Å². The second kappa shape index (κ2) is 7.33. The molecule has 0 aliphatic rings. The molecule has 114 valence electrons. The van der Waals surface area contributed by atoms with Crippen molar-refractivity contribution in [2.45, 2.75) is 17.1 Å². The van der Waals surface area contributed by atoms with E-state index in [1.165, 1.54) is 17.8 Å². The number of hydrogen-bond acceptors (Lipinski definition) is 3. The molecule has 1 atom stereocenters. The molecule has 2 aromatic carbocycles. The number of amides is 1. The van der Waals surface area contributed by atoms with Gasteiger partial charge in [-0.25, -0.2) is 4.79 Å². The lowest BCUT2D eigenvalue weighted by atomic mass is 10.2. The highest BCUT2D eigenvalue weighted by atomic mass is 35.5. The Balaban J connectivity index is 2.05. The van der Waals surface area contributed by atoms with E-state index >= 15 is 0 Å². The van der Waals surface area contributed by atoms with E-state index in [0.717, 1.165) is 4.90 Å². The molecule has 0 aromatic heterocycles. The summed E-state index contributed by atoms with van der Waals surface area (Å²) in [6.45, 7) is 1.76. The van der Waals surface area contributed by atoms with Crippen molar-refractivity contribution in [3.05, 3.63) is 59.1 Å². The lowest BCUT2D eigenvalue weighted by Crippen LogP contribution is -2.23. The number of hydrogen-bond donors (Lipinski definition) is 2. The molecule has 0 fully saturated rings. The molecule has 2 rings (SSSR count). The van der Waals surface area contributed by atoms with E-state index in [1.54, 1.807) is 37.3 Å². The van der Waals surface area contributed by atoms with Crippen LogP contribution in [0.1, 0.15) is 17.3 Å². The number of carboxylic acids is 1. The SMILES string of the molecule is C[C@H](Sc1ccc(Cl)cc1)C(=O)Nc1ccccc1C(=O)O. The highest BCUT2D eigenvalue weighted by molar-refractivity contribution is 8.00. The monoisotopic (exact) mass is 335 g/mol. The largest absolute Gasteiger partial charge is 0.478 e. The molecule has 0 aliphatic carbocycles. The molecule has 0 radical (unpaired) electrons. The third-order valence-corrected chi connectivity index (χ3v) is 4.28. The van der Waals surface area contributed by atoms with E-state index in [9.17, 15) is 9.59 Å². The summed E-state index contributed by atoms with van der Waals surface area (Å²) in [5.41, 5.74) is 0.364. The minimum absolute atomic E-state index is 0.0690. The topological polar surface area (TPSA) is 66.4 Å². The zero-order valence-electron chi connectivity index (χ0n) is 11.7. The van der Waals surface area contributed by atoms with Gasteiger partial charge in [0.25, 0.3) is 0 Å². The summed E-state index contributed by atoms with van der Waals surface area (Å²) in [4.78, 5) is 24.2. The van der Waals surface area contributed by atoms with Crippen LogP contribution in [0.3, 0.4) is 0 Å². The minimum atomic E-state index is -1.08. The van der Waals surface area contributed by atoms with E-state index in [0.29, 0.717) is 10.7 Å². The van der Waals surface area contributed by atoms with Crippen molar-refractivity contribution in [1.29, 1.82) is 0 Å². The van der Waals surface area contributed by atoms with Gasteiger partial charge in [-0.05, 0) is 43.3 Å². The Bertz CT molecular complexity index is 688. The highest BCUT2D eigenvalue weighted by Crippen LogP contribution is 2.26. The molecule has 0 unspecified atom stereocenters. The predicted molar refractivity (Wildman–Crippen MR) is 88.8 cm³/mol. The van der Waals surface area contributed by atoms with Crippen LogP contribution in [0.2, 0.25) is 5.02 Å². The second-order valence-corrected chi connectivity index (χ2v) is 6.40. The smallest absolute Gasteiger partial charge is 0.337 e. The Morgan fingerprint density at radius 3 is 2.41 bits per heavy atom. The molecule has 0 spiro atoms. The first-order valence-electron chi connectivity index (χ1n) is 6.53. The van der Waals surface area contributed by atoms with E-state index in [2.05, 4.69) is 5.32 Å². The average Bonchev–Trinajstić information content (AvgIpc) is 2.49. The van der Waals surface area contributed by atoms with E-state index < -0.39 is 5.97 Å². The lowest BCUT2D eigenvalue weighted by Gasteiger charge is -2.13. The van der Waals surface area contributed by atoms with E-state index in [-0.39, 0.29) is 16.7 Å². The Morgan fingerprint density at radius 1 is 1.14 bits per heavy atom. The van der Waals surface area contributed by atoms with Crippen LogP contribution in [0, 0.1) is 0 Å². The fourth-order valence-corrected chi connectivity index (χ4v) is 2.78.